The Balaban J connectivity index is 1.73. The van der Waals surface area contributed by atoms with Gasteiger partial charge in [0.2, 0.25) is 15.9 Å². The molecule has 3 aromatic rings. The van der Waals surface area contributed by atoms with Gasteiger partial charge in [-0.25, -0.2) is 18.4 Å². The number of aromatic nitrogens is 4. The summed E-state index contributed by atoms with van der Waals surface area (Å²) in [4.78, 5) is 21.6. The molecule has 1 N–H and O–H groups in total. The zero-order chi connectivity index (χ0) is 24.0. The smallest absolute Gasteiger partial charge is 0.243 e. The molecule has 0 spiro atoms. The van der Waals surface area contributed by atoms with Gasteiger partial charge in [-0.3, -0.25) is 4.79 Å². The maximum Gasteiger partial charge on any atom is 0.243 e. The Bertz CT molecular complexity index is 1190. The first kappa shape index (κ1) is 24.9. The minimum Gasteiger partial charge on any atom is -0.356 e. The average Bonchev–Trinajstić information content (AvgIpc) is 3.36. The van der Waals surface area contributed by atoms with Crippen LogP contribution in [-0.4, -0.2) is 57.4 Å². The van der Waals surface area contributed by atoms with Crippen LogP contribution in [-0.2, 0) is 41.3 Å². The average molecular weight is 475 g/mol. The topological polar surface area (TPSA) is 102 Å². The number of aryl methyl sites for hydroxylation is 3. The number of carbonyl (C=O) groups is 1. The fourth-order valence-electron chi connectivity index (χ4n) is 3.96. The third-order valence-corrected chi connectivity index (χ3v) is 7.80. The molecule has 3 rings (SSSR count). The van der Waals surface area contributed by atoms with Crippen molar-refractivity contribution in [1.82, 2.24) is 28.7 Å². The summed E-state index contributed by atoms with van der Waals surface area (Å²) in [5, 5.41) is 2.94. The number of nitrogens with one attached hydrogen (secondary N) is 1. The van der Waals surface area contributed by atoms with Crippen LogP contribution in [0.25, 0.3) is 11.0 Å². The van der Waals surface area contributed by atoms with Gasteiger partial charge in [0, 0.05) is 64.9 Å². The number of sulfonamides is 1. The van der Waals surface area contributed by atoms with Gasteiger partial charge in [-0.1, -0.05) is 20.8 Å². The zero-order valence-corrected chi connectivity index (χ0v) is 20.7. The van der Waals surface area contributed by atoms with Gasteiger partial charge in [0.1, 0.15) is 11.6 Å². The van der Waals surface area contributed by atoms with Gasteiger partial charge in [0.25, 0.3) is 0 Å². The first-order chi connectivity index (χ1) is 15.8. The lowest BCUT2D eigenvalue weighted by Gasteiger charge is -2.18. The molecule has 1 amide bonds. The predicted octanol–water partition coefficient (Wildman–Crippen LogP) is 2.50. The van der Waals surface area contributed by atoms with Crippen LogP contribution in [0.4, 0.5) is 0 Å². The highest BCUT2D eigenvalue weighted by molar-refractivity contribution is 7.89. The normalized spacial score (nSPS) is 12.0. The number of rotatable bonds is 12. The van der Waals surface area contributed by atoms with Crippen molar-refractivity contribution in [3.05, 3.63) is 42.2 Å². The Labute approximate surface area is 195 Å². The summed E-state index contributed by atoms with van der Waals surface area (Å²) >= 11 is 0. The van der Waals surface area contributed by atoms with Crippen LogP contribution in [0.3, 0.4) is 0 Å². The Hall–Kier alpha value is -2.72. The third-order valence-electron chi connectivity index (χ3n) is 5.76. The zero-order valence-electron chi connectivity index (χ0n) is 19.9. The Morgan fingerprint density at radius 3 is 2.52 bits per heavy atom. The van der Waals surface area contributed by atoms with Crippen LogP contribution in [0.15, 0.2) is 35.5 Å². The second-order valence-electron chi connectivity index (χ2n) is 7.97. The molecule has 0 saturated carbocycles. The van der Waals surface area contributed by atoms with Crippen molar-refractivity contribution in [2.24, 2.45) is 7.05 Å². The molecule has 0 saturated heterocycles. The molecular formula is C23H34N6O3S. The van der Waals surface area contributed by atoms with Crippen molar-refractivity contribution in [1.29, 1.82) is 0 Å². The van der Waals surface area contributed by atoms with Gasteiger partial charge in [0.15, 0.2) is 0 Å². The lowest BCUT2D eigenvalue weighted by atomic mass is 10.2. The summed E-state index contributed by atoms with van der Waals surface area (Å²) in [6, 6.07) is 5.12. The lowest BCUT2D eigenvalue weighted by Crippen LogP contribution is -2.30. The summed E-state index contributed by atoms with van der Waals surface area (Å²) in [6.07, 6.45) is 6.02. The predicted molar refractivity (Wildman–Crippen MR) is 128 cm³/mol. The van der Waals surface area contributed by atoms with Crippen LogP contribution in [0, 0.1) is 0 Å². The lowest BCUT2D eigenvalue weighted by molar-refractivity contribution is -0.121. The monoisotopic (exact) mass is 474 g/mol. The van der Waals surface area contributed by atoms with Crippen molar-refractivity contribution < 1.29 is 13.2 Å². The van der Waals surface area contributed by atoms with E-state index in [2.05, 4.69) is 21.8 Å². The number of amides is 1. The molecule has 0 bridgehead atoms. The van der Waals surface area contributed by atoms with Crippen LogP contribution < -0.4 is 5.32 Å². The first-order valence-electron chi connectivity index (χ1n) is 11.5. The van der Waals surface area contributed by atoms with E-state index in [-0.39, 0.29) is 10.8 Å². The highest BCUT2D eigenvalue weighted by Crippen LogP contribution is 2.24. The molecule has 2 aromatic heterocycles. The van der Waals surface area contributed by atoms with E-state index in [0.29, 0.717) is 44.4 Å². The molecule has 0 aliphatic rings. The highest BCUT2D eigenvalue weighted by Gasteiger charge is 2.23. The maximum atomic E-state index is 12.9. The number of imidazole rings is 2. The molecule has 2 heterocycles. The molecule has 9 nitrogen and oxygen atoms in total. The molecule has 0 fully saturated rings. The van der Waals surface area contributed by atoms with E-state index in [9.17, 15) is 13.2 Å². The van der Waals surface area contributed by atoms with Crippen LogP contribution in [0.2, 0.25) is 0 Å². The molecule has 1 aromatic carbocycles. The number of hydrogen-bond donors (Lipinski definition) is 1. The summed E-state index contributed by atoms with van der Waals surface area (Å²) in [5.74, 6) is 1.68. The van der Waals surface area contributed by atoms with Crippen molar-refractivity contribution in [2.45, 2.75) is 57.9 Å². The van der Waals surface area contributed by atoms with Crippen molar-refractivity contribution in [3.63, 3.8) is 0 Å². The van der Waals surface area contributed by atoms with Crippen molar-refractivity contribution >= 4 is 27.0 Å². The van der Waals surface area contributed by atoms with Crippen molar-refractivity contribution in [2.75, 3.05) is 19.6 Å². The summed E-state index contributed by atoms with van der Waals surface area (Å²) in [6.45, 7) is 7.86. The van der Waals surface area contributed by atoms with E-state index >= 15 is 0 Å². The van der Waals surface area contributed by atoms with Crippen LogP contribution >= 0.6 is 0 Å². The minimum atomic E-state index is -3.55. The summed E-state index contributed by atoms with van der Waals surface area (Å²) in [7, 11) is -1.62. The quantitative estimate of drug-likeness (QED) is 0.435. The van der Waals surface area contributed by atoms with Crippen LogP contribution in [0.1, 0.15) is 45.3 Å². The van der Waals surface area contributed by atoms with Gasteiger partial charge >= 0.3 is 0 Å². The molecule has 180 valence electrons. The van der Waals surface area contributed by atoms with Gasteiger partial charge in [0.05, 0.1) is 15.9 Å². The molecule has 10 heteroatoms. The molecule has 33 heavy (non-hydrogen) atoms. The molecule has 0 radical (unpaired) electrons. The van der Waals surface area contributed by atoms with E-state index in [4.69, 9.17) is 4.98 Å². The fraction of sp³-hybridized carbons (Fsp3) is 0.522. The molecular weight excluding hydrogens is 440 g/mol. The number of hydrogen-bond acceptors (Lipinski definition) is 5. The number of fused-ring (bicyclic) bond motifs is 1. The van der Waals surface area contributed by atoms with E-state index in [1.54, 1.807) is 18.3 Å². The van der Waals surface area contributed by atoms with Gasteiger partial charge < -0.3 is 14.5 Å². The highest BCUT2D eigenvalue weighted by atomic mass is 32.2. The standard InChI is InChI=1S/C23H34N6O3S/c1-5-15-29-20-9-8-18(33(31,32)28(6-2)7-3)17-19(20)26-22(29)10-11-23(30)25-13-12-21-24-14-16-27(21)4/h8-9,14,16-17H,5-7,10-13,15H2,1-4H3,(H,25,30). The molecule has 0 unspecified atom stereocenters. The minimum absolute atomic E-state index is 0.0379. The SMILES string of the molecule is CCCn1c(CCC(=O)NCCc2nccn2C)nc2cc(S(=O)(=O)N(CC)CC)ccc21. The van der Waals surface area contributed by atoms with Gasteiger partial charge in [-0.15, -0.1) is 0 Å². The first-order valence-corrected chi connectivity index (χ1v) is 13.0. The Morgan fingerprint density at radius 2 is 1.88 bits per heavy atom. The second kappa shape index (κ2) is 10.9. The van der Waals surface area contributed by atoms with E-state index in [1.807, 2.05) is 37.7 Å². The van der Waals surface area contributed by atoms with E-state index in [1.165, 1.54) is 4.31 Å². The van der Waals surface area contributed by atoms with Gasteiger partial charge in [-0.2, -0.15) is 4.31 Å². The number of benzene rings is 1. The van der Waals surface area contributed by atoms with Crippen LogP contribution in [0.5, 0.6) is 0 Å². The Kier molecular flexibility index (Phi) is 8.25. The van der Waals surface area contributed by atoms with Gasteiger partial charge in [-0.05, 0) is 24.6 Å². The molecule has 0 aliphatic carbocycles. The molecule has 0 aliphatic heterocycles. The number of nitrogens with zero attached hydrogens (tertiary/aromatic N) is 5. The maximum absolute atomic E-state index is 12.9. The Morgan fingerprint density at radius 1 is 1.12 bits per heavy atom. The van der Waals surface area contributed by atoms with Crippen molar-refractivity contribution in [3.8, 4) is 0 Å². The summed E-state index contributed by atoms with van der Waals surface area (Å²) < 4.78 is 31.3. The van der Waals surface area contributed by atoms with E-state index < -0.39 is 10.0 Å². The third kappa shape index (κ3) is 5.62. The fourth-order valence-corrected chi connectivity index (χ4v) is 5.44. The van der Waals surface area contributed by atoms with E-state index in [0.717, 1.165) is 30.1 Å². The summed E-state index contributed by atoms with van der Waals surface area (Å²) in [5.41, 5.74) is 1.53. The molecule has 0 atom stereocenters. The largest absolute Gasteiger partial charge is 0.356 e. The second-order valence-corrected chi connectivity index (χ2v) is 9.91. The number of carbonyl (C=O) groups excluding carboxylic acids is 1.